The Morgan fingerprint density at radius 1 is 0.675 bits per heavy atom. The molecule has 0 bridgehead atoms. The largest absolute Gasteiger partial charge is 0.506 e. The molecule has 1 unspecified atom stereocenters. The third kappa shape index (κ3) is 7.67. The Labute approximate surface area is 277 Å². The number of aromatic nitrogens is 6. The van der Waals surface area contributed by atoms with Crippen molar-refractivity contribution in [3.05, 3.63) is 95.6 Å². The van der Waals surface area contributed by atoms with Crippen LogP contribution in [0.2, 0.25) is 0 Å². The number of aromatic hydroxyl groups is 2. The molecule has 0 saturated carbocycles. The van der Waals surface area contributed by atoms with Crippen LogP contribution >= 0.6 is 21.5 Å². The molecule has 0 saturated heterocycles. The molecule has 0 fully saturated rings. The summed E-state index contributed by atoms with van der Waals surface area (Å²) in [6.45, 7) is 3.91. The van der Waals surface area contributed by atoms with Crippen LogP contribution < -0.4 is 0 Å². The number of benzene rings is 4. The van der Waals surface area contributed by atoms with Gasteiger partial charge in [0.1, 0.15) is 44.9 Å². The molecule has 0 aliphatic rings. The number of rotatable bonds is 3. The zero-order chi connectivity index (χ0) is 25.2. The molecule has 4 aromatic carbocycles. The van der Waals surface area contributed by atoms with Crippen molar-refractivity contribution in [3.8, 4) is 22.9 Å². The number of phenolic OH excluding ortho intramolecular Hbond substituents is 2. The van der Waals surface area contributed by atoms with Crippen LogP contribution in [0.25, 0.3) is 33.4 Å². The minimum Gasteiger partial charge on any atom is -0.506 e. The van der Waals surface area contributed by atoms with E-state index < -0.39 is 0 Å². The van der Waals surface area contributed by atoms with Crippen LogP contribution in [0.3, 0.4) is 0 Å². The summed E-state index contributed by atoms with van der Waals surface area (Å²) in [5.41, 5.74) is 7.09. The van der Waals surface area contributed by atoms with Crippen molar-refractivity contribution in [2.75, 3.05) is 0 Å². The van der Waals surface area contributed by atoms with Gasteiger partial charge in [-0.05, 0) is 67.4 Å². The smallest absolute Gasteiger partial charge is 0.147 e. The summed E-state index contributed by atoms with van der Waals surface area (Å²) in [6, 6.07) is 24.2. The maximum atomic E-state index is 10.2. The Kier molecular flexibility index (Phi) is 13.9. The third-order valence-electron chi connectivity index (χ3n) is 5.59. The fourth-order valence-corrected chi connectivity index (χ4v) is 4.02. The number of halogens is 1. The number of fused-ring (bicyclic) bond motifs is 2. The van der Waals surface area contributed by atoms with Crippen molar-refractivity contribution in [3.63, 3.8) is 0 Å². The molecular weight excluding hydrogens is 808 g/mol. The van der Waals surface area contributed by atoms with Gasteiger partial charge in [-0.25, -0.2) is 0 Å². The van der Waals surface area contributed by atoms with Crippen molar-refractivity contribution in [2.24, 2.45) is 0 Å². The van der Waals surface area contributed by atoms with Gasteiger partial charge in [0.15, 0.2) is 0 Å². The fourth-order valence-electron chi connectivity index (χ4n) is 3.82. The van der Waals surface area contributed by atoms with Crippen LogP contribution in [0.1, 0.15) is 24.1 Å². The fraction of sp³-hybridized carbons (Fsp3) is 0.143. The number of aryl methyl sites for hydroxylation is 2. The van der Waals surface area contributed by atoms with Crippen LogP contribution in [0.15, 0.2) is 78.9 Å². The van der Waals surface area contributed by atoms with E-state index in [0.29, 0.717) is 16.9 Å². The van der Waals surface area contributed by atoms with Crippen molar-refractivity contribution in [1.29, 1.82) is 0 Å². The van der Waals surface area contributed by atoms with Crippen LogP contribution in [0, 0.1) is 45.0 Å². The Balaban J connectivity index is 0.000000365. The van der Waals surface area contributed by atoms with E-state index in [4.69, 9.17) is 11.6 Å². The molecule has 2 N–H and O–H groups in total. The topological polar surface area (TPSA) is 102 Å². The van der Waals surface area contributed by atoms with Gasteiger partial charge in [0.05, 0.1) is 5.88 Å². The molecule has 2 heterocycles. The minimum absolute atomic E-state index is 0. The first-order valence-corrected chi connectivity index (χ1v) is 11.8. The molecule has 40 heavy (non-hydrogen) atoms. The number of alkyl halides is 1. The normalized spacial score (nSPS) is 9.88. The van der Waals surface area contributed by atoms with Gasteiger partial charge in [-0.3, -0.25) is 0 Å². The second-order valence-electron chi connectivity index (χ2n) is 8.37. The van der Waals surface area contributed by atoms with Gasteiger partial charge in [-0.2, -0.15) is 9.90 Å². The van der Waals surface area contributed by atoms with Crippen molar-refractivity contribution in [1.82, 2.24) is 30.0 Å². The van der Waals surface area contributed by atoms with E-state index in [0.717, 1.165) is 33.2 Å². The standard InChI is InChI=1S/C14H12ClN3O.C13H11N3O.CH4.H3P.U.V/c1-9-6-10(8-15)14(19)13(7-9)18-16-11-4-2-3-5-12(11)17-18;1-9-6-7-13(17)12(8-9)16-14-10-4-2-3-5-11(10)15-16;;;;/h2-7,19H,8H2,1H3;2-8,17H,1H3;1H4;1H3;;. The molecule has 0 aliphatic carbocycles. The quantitative estimate of drug-likeness (QED) is 0.161. The second-order valence-corrected chi connectivity index (χ2v) is 8.64. The summed E-state index contributed by atoms with van der Waals surface area (Å²) in [6.07, 6.45) is 0. The molecule has 12 heteroatoms. The van der Waals surface area contributed by atoms with Crippen molar-refractivity contribution >= 4 is 43.6 Å². The first-order chi connectivity index (χ1) is 17.4. The molecule has 0 spiro atoms. The number of hydrogen-bond donors (Lipinski definition) is 2. The summed E-state index contributed by atoms with van der Waals surface area (Å²) >= 11 is 5.83. The van der Waals surface area contributed by atoms with Gasteiger partial charge in [0.2, 0.25) is 0 Å². The molecule has 8 nitrogen and oxygen atoms in total. The monoisotopic (exact) mass is 837 g/mol. The SMILES string of the molecule is C.Cc1cc(CCl)c(O)c(-n2nc3ccccc3n2)c1.Cc1ccc(O)c(-n2nc3ccccc3n2)c1.P.[U].[V]. The average Bonchev–Trinajstić information content (AvgIpc) is 3.51. The number of phenols is 2. The van der Waals surface area contributed by atoms with Gasteiger partial charge in [0.25, 0.3) is 0 Å². The first-order valence-electron chi connectivity index (χ1n) is 11.3. The van der Waals surface area contributed by atoms with Crippen LogP contribution in [-0.4, -0.2) is 40.2 Å². The summed E-state index contributed by atoms with van der Waals surface area (Å²) in [5.74, 6) is 0.554. The number of nitrogens with zero attached hydrogens (tertiary/aromatic N) is 6. The zero-order valence-electron chi connectivity index (χ0n) is 21.3. The average molecular weight is 838 g/mol. The van der Waals surface area contributed by atoms with Gasteiger partial charge >= 0.3 is 0 Å². The summed E-state index contributed by atoms with van der Waals surface area (Å²) in [4.78, 5) is 2.91. The first kappa shape index (κ1) is 35.7. The van der Waals surface area contributed by atoms with Gasteiger partial charge in [0, 0.05) is 55.2 Å². The number of hydrogen-bond acceptors (Lipinski definition) is 6. The van der Waals surface area contributed by atoms with Crippen molar-refractivity contribution in [2.45, 2.75) is 27.2 Å². The van der Waals surface area contributed by atoms with Crippen LogP contribution in [0.5, 0.6) is 11.5 Å². The van der Waals surface area contributed by atoms with Gasteiger partial charge in [-0.1, -0.05) is 43.8 Å². The summed E-state index contributed by atoms with van der Waals surface area (Å²) < 4.78 is 0. The Hall–Kier alpha value is -2.36. The van der Waals surface area contributed by atoms with E-state index in [9.17, 15) is 10.2 Å². The van der Waals surface area contributed by atoms with Crippen LogP contribution in [-0.2, 0) is 24.4 Å². The predicted molar refractivity (Wildman–Crippen MR) is 158 cm³/mol. The van der Waals surface area contributed by atoms with Gasteiger partial charge in [-0.15, -0.1) is 41.6 Å². The molecule has 0 aliphatic heterocycles. The molecule has 205 valence electrons. The Morgan fingerprint density at radius 2 is 1.10 bits per heavy atom. The van der Waals surface area contributed by atoms with E-state index >= 15 is 0 Å². The maximum Gasteiger partial charge on any atom is 0.147 e. The Bertz CT molecular complexity index is 1650. The summed E-state index contributed by atoms with van der Waals surface area (Å²) in [7, 11) is 0. The molecule has 6 rings (SSSR count). The summed E-state index contributed by atoms with van der Waals surface area (Å²) in [5, 5.41) is 37.4. The molecule has 1 atom stereocenters. The molecule has 1 radical (unpaired) electrons. The van der Waals surface area contributed by atoms with E-state index in [2.05, 4.69) is 20.4 Å². The molecule has 0 amide bonds. The third-order valence-corrected chi connectivity index (χ3v) is 5.88. The second kappa shape index (κ2) is 15.6. The molecular formula is C28H30ClN6O2PUV. The Morgan fingerprint density at radius 3 is 1.55 bits per heavy atom. The van der Waals surface area contributed by atoms with E-state index in [1.165, 1.54) is 9.59 Å². The zero-order valence-corrected chi connectivity index (χ0v) is 29.1. The van der Waals surface area contributed by atoms with E-state index in [-0.39, 0.29) is 84.4 Å². The van der Waals surface area contributed by atoms with E-state index in [1.54, 1.807) is 6.07 Å². The maximum absolute atomic E-state index is 10.2. The molecule has 6 aromatic rings. The van der Waals surface area contributed by atoms with Crippen molar-refractivity contribution < 1.29 is 59.9 Å². The minimum atomic E-state index is 0. The predicted octanol–water partition coefficient (Wildman–Crippen LogP) is 6.30. The van der Waals surface area contributed by atoms with E-state index in [1.807, 2.05) is 86.6 Å². The molecule has 2 aromatic heterocycles. The van der Waals surface area contributed by atoms with Gasteiger partial charge < -0.3 is 10.2 Å². The van der Waals surface area contributed by atoms with Crippen LogP contribution in [0.4, 0.5) is 0 Å².